The first-order valence-corrected chi connectivity index (χ1v) is 7.69. The van der Waals surface area contributed by atoms with Crippen LogP contribution in [0.2, 0.25) is 0 Å². The fraction of sp³-hybridized carbons (Fsp3) is 0.316. The van der Waals surface area contributed by atoms with Crippen LogP contribution in [0.3, 0.4) is 0 Å². The summed E-state index contributed by atoms with van der Waals surface area (Å²) >= 11 is 0. The first-order valence-electron chi connectivity index (χ1n) is 7.69. The fourth-order valence-corrected chi connectivity index (χ4v) is 2.59. The highest BCUT2D eigenvalue weighted by Gasteiger charge is 2.20. The van der Waals surface area contributed by atoms with Crippen LogP contribution in [0.5, 0.6) is 5.75 Å². The van der Waals surface area contributed by atoms with Gasteiger partial charge in [0.15, 0.2) is 0 Å². The number of benzene rings is 2. The predicted octanol–water partition coefficient (Wildman–Crippen LogP) is 3.29. The first kappa shape index (κ1) is 16.9. The molecule has 0 heterocycles. The van der Waals surface area contributed by atoms with E-state index in [2.05, 4.69) is 0 Å². The normalized spacial score (nSPS) is 11.8. The molecule has 0 fully saturated rings. The van der Waals surface area contributed by atoms with Gasteiger partial charge in [0.05, 0.1) is 7.11 Å². The van der Waals surface area contributed by atoms with Gasteiger partial charge >= 0.3 is 0 Å². The Morgan fingerprint density at radius 1 is 1.26 bits per heavy atom. The lowest BCUT2D eigenvalue weighted by atomic mass is 10.0. The molecule has 2 aromatic carbocycles. The van der Waals surface area contributed by atoms with Gasteiger partial charge in [0.25, 0.3) is 5.91 Å². The van der Waals surface area contributed by atoms with Gasteiger partial charge in [-0.2, -0.15) is 0 Å². The molecule has 0 aliphatic heterocycles. The molecule has 0 saturated heterocycles. The number of hydrogen-bond donors (Lipinski definition) is 1. The maximum Gasteiger partial charge on any atom is 0.254 e. The zero-order chi connectivity index (χ0) is 17.0. The standard InChI is InChI=1S/C19H24N2O2/c1-13-9-10-16(20)12-17(13)19(22)21(3)14(2)11-15-7-5-6-8-18(15)23-4/h5-10,12,14H,11,20H2,1-4H3. The number of rotatable bonds is 5. The minimum Gasteiger partial charge on any atom is -0.496 e. The van der Waals surface area contributed by atoms with Crippen LogP contribution < -0.4 is 10.5 Å². The Labute approximate surface area is 137 Å². The minimum atomic E-state index is -0.0165. The van der Waals surface area contributed by atoms with Gasteiger partial charge in [-0.1, -0.05) is 24.3 Å². The van der Waals surface area contributed by atoms with Crippen LogP contribution in [-0.4, -0.2) is 31.0 Å². The third-order valence-corrected chi connectivity index (χ3v) is 4.18. The van der Waals surface area contributed by atoms with Crippen molar-refractivity contribution in [3.05, 3.63) is 59.2 Å². The second kappa shape index (κ2) is 7.18. The average Bonchev–Trinajstić information content (AvgIpc) is 2.56. The molecule has 0 aliphatic rings. The van der Waals surface area contributed by atoms with E-state index in [0.29, 0.717) is 11.3 Å². The van der Waals surface area contributed by atoms with Crippen LogP contribution in [-0.2, 0) is 6.42 Å². The number of methoxy groups -OCH3 is 1. The highest BCUT2D eigenvalue weighted by molar-refractivity contribution is 5.96. The summed E-state index contributed by atoms with van der Waals surface area (Å²) in [6.45, 7) is 3.96. The van der Waals surface area contributed by atoms with E-state index in [-0.39, 0.29) is 11.9 Å². The number of aryl methyl sites for hydroxylation is 1. The summed E-state index contributed by atoms with van der Waals surface area (Å²) in [4.78, 5) is 14.5. The van der Waals surface area contributed by atoms with Crippen molar-refractivity contribution in [2.24, 2.45) is 0 Å². The lowest BCUT2D eigenvalue weighted by Crippen LogP contribution is -2.36. The van der Waals surface area contributed by atoms with E-state index < -0.39 is 0 Å². The Kier molecular flexibility index (Phi) is 5.27. The molecule has 1 atom stereocenters. The lowest BCUT2D eigenvalue weighted by molar-refractivity contribution is 0.0742. The number of nitrogen functional groups attached to an aromatic ring is 1. The third kappa shape index (κ3) is 3.83. The Morgan fingerprint density at radius 3 is 2.65 bits per heavy atom. The number of nitrogens with zero attached hydrogens (tertiary/aromatic N) is 1. The number of nitrogens with two attached hydrogens (primary N) is 1. The summed E-state index contributed by atoms with van der Waals surface area (Å²) in [6, 6.07) is 13.4. The van der Waals surface area contributed by atoms with Crippen LogP contribution in [0.4, 0.5) is 5.69 Å². The van der Waals surface area contributed by atoms with Gasteiger partial charge in [0, 0.05) is 24.3 Å². The minimum absolute atomic E-state index is 0.0165. The highest BCUT2D eigenvalue weighted by Crippen LogP contribution is 2.22. The van der Waals surface area contributed by atoms with Crippen LogP contribution in [0.15, 0.2) is 42.5 Å². The summed E-state index contributed by atoms with van der Waals surface area (Å²) in [6.07, 6.45) is 0.730. The van der Waals surface area contributed by atoms with Gasteiger partial charge in [-0.25, -0.2) is 0 Å². The maximum atomic E-state index is 12.7. The number of carbonyl (C=O) groups is 1. The van der Waals surface area contributed by atoms with E-state index >= 15 is 0 Å². The van der Waals surface area contributed by atoms with Gasteiger partial charge in [0.2, 0.25) is 0 Å². The summed E-state index contributed by atoms with van der Waals surface area (Å²) in [7, 11) is 3.49. The average molecular weight is 312 g/mol. The molecule has 0 aliphatic carbocycles. The molecule has 1 unspecified atom stereocenters. The Morgan fingerprint density at radius 2 is 1.96 bits per heavy atom. The van der Waals surface area contributed by atoms with Gasteiger partial charge in [0.1, 0.15) is 5.75 Å². The van der Waals surface area contributed by atoms with Gasteiger partial charge in [-0.3, -0.25) is 4.79 Å². The summed E-state index contributed by atoms with van der Waals surface area (Å²) < 4.78 is 5.39. The van der Waals surface area contributed by atoms with Crippen molar-refractivity contribution < 1.29 is 9.53 Å². The zero-order valence-electron chi connectivity index (χ0n) is 14.2. The number of carbonyl (C=O) groups excluding carboxylic acids is 1. The number of ether oxygens (including phenoxy) is 1. The molecule has 2 N–H and O–H groups in total. The molecule has 0 aromatic heterocycles. The van der Waals surface area contributed by atoms with Crippen molar-refractivity contribution in [3.63, 3.8) is 0 Å². The molecule has 4 nitrogen and oxygen atoms in total. The second-order valence-corrected chi connectivity index (χ2v) is 5.86. The molecule has 2 aromatic rings. The summed E-state index contributed by atoms with van der Waals surface area (Å²) in [5, 5.41) is 0. The van der Waals surface area contributed by atoms with Crippen molar-refractivity contribution in [2.45, 2.75) is 26.3 Å². The number of likely N-dealkylation sites (N-methyl/N-ethyl adjacent to an activating group) is 1. The van der Waals surface area contributed by atoms with Crippen molar-refractivity contribution in [2.75, 3.05) is 19.9 Å². The van der Waals surface area contributed by atoms with Crippen molar-refractivity contribution >= 4 is 11.6 Å². The van der Waals surface area contributed by atoms with E-state index in [4.69, 9.17) is 10.5 Å². The van der Waals surface area contributed by atoms with Crippen LogP contribution >= 0.6 is 0 Å². The summed E-state index contributed by atoms with van der Waals surface area (Å²) in [5.41, 5.74) is 9.09. The maximum absolute atomic E-state index is 12.7. The lowest BCUT2D eigenvalue weighted by Gasteiger charge is -2.26. The molecular weight excluding hydrogens is 288 g/mol. The monoisotopic (exact) mass is 312 g/mol. The molecule has 23 heavy (non-hydrogen) atoms. The molecule has 0 radical (unpaired) electrons. The summed E-state index contributed by atoms with van der Waals surface area (Å²) in [5.74, 6) is 0.831. The first-order chi connectivity index (χ1) is 10.9. The number of amides is 1. The molecule has 1 amide bonds. The largest absolute Gasteiger partial charge is 0.496 e. The predicted molar refractivity (Wildman–Crippen MR) is 93.8 cm³/mol. The topological polar surface area (TPSA) is 55.6 Å². The molecule has 0 saturated carbocycles. The van der Waals surface area contributed by atoms with Crippen molar-refractivity contribution in [1.82, 2.24) is 4.90 Å². The van der Waals surface area contributed by atoms with Gasteiger partial charge < -0.3 is 15.4 Å². The fourth-order valence-electron chi connectivity index (χ4n) is 2.59. The molecular formula is C19H24N2O2. The van der Waals surface area contributed by atoms with Gasteiger partial charge in [-0.05, 0) is 49.6 Å². The second-order valence-electron chi connectivity index (χ2n) is 5.86. The SMILES string of the molecule is COc1ccccc1CC(C)N(C)C(=O)c1cc(N)ccc1C. The number of anilines is 1. The zero-order valence-corrected chi connectivity index (χ0v) is 14.2. The van der Waals surface area contributed by atoms with Crippen molar-refractivity contribution in [3.8, 4) is 5.75 Å². The van der Waals surface area contributed by atoms with Crippen LogP contribution in [0.1, 0.15) is 28.4 Å². The third-order valence-electron chi connectivity index (χ3n) is 4.18. The van der Waals surface area contributed by atoms with Crippen LogP contribution in [0, 0.1) is 6.92 Å². The molecule has 2 rings (SSSR count). The van der Waals surface area contributed by atoms with E-state index in [1.807, 2.05) is 57.3 Å². The highest BCUT2D eigenvalue weighted by atomic mass is 16.5. The molecule has 122 valence electrons. The van der Waals surface area contributed by atoms with E-state index in [9.17, 15) is 4.79 Å². The van der Waals surface area contributed by atoms with Crippen molar-refractivity contribution in [1.29, 1.82) is 0 Å². The Bertz CT molecular complexity index is 698. The quantitative estimate of drug-likeness (QED) is 0.862. The van der Waals surface area contributed by atoms with E-state index in [1.165, 1.54) is 0 Å². The molecule has 4 heteroatoms. The Hall–Kier alpha value is -2.49. The van der Waals surface area contributed by atoms with E-state index in [0.717, 1.165) is 23.3 Å². The smallest absolute Gasteiger partial charge is 0.254 e. The molecule has 0 spiro atoms. The Balaban J connectivity index is 2.17. The number of hydrogen-bond acceptors (Lipinski definition) is 3. The van der Waals surface area contributed by atoms with Crippen LogP contribution in [0.25, 0.3) is 0 Å². The van der Waals surface area contributed by atoms with E-state index in [1.54, 1.807) is 18.1 Å². The van der Waals surface area contributed by atoms with Gasteiger partial charge in [-0.15, -0.1) is 0 Å². The number of para-hydroxylation sites is 1. The molecule has 0 bridgehead atoms.